The first-order valence-electron chi connectivity index (χ1n) is 6.51. The highest BCUT2D eigenvalue weighted by molar-refractivity contribution is 5.73. The van der Waals surface area contributed by atoms with Gasteiger partial charge >= 0.3 is 5.97 Å². The fourth-order valence-electron chi connectivity index (χ4n) is 2.02. The molecule has 7 heteroatoms. The number of nitrogens with zero attached hydrogens (tertiary/aromatic N) is 4. The minimum absolute atomic E-state index is 0. The molecule has 0 aliphatic carbocycles. The average Bonchev–Trinajstić information content (AvgIpc) is 2.53. The van der Waals surface area contributed by atoms with E-state index in [0.717, 1.165) is 16.8 Å². The van der Waals surface area contributed by atoms with Crippen LogP contribution in [0.25, 0.3) is 22.4 Å². The predicted octanol–water partition coefficient (Wildman–Crippen LogP) is -1.54. The number of rotatable bonds is 4. The number of aromatic nitrogens is 4. The van der Waals surface area contributed by atoms with Crippen LogP contribution in [0.5, 0.6) is 0 Å². The highest BCUT2D eigenvalue weighted by Gasteiger charge is 2.07. The van der Waals surface area contributed by atoms with Crippen molar-refractivity contribution in [1.82, 2.24) is 15.0 Å². The topological polar surface area (TPSA) is 79.9 Å². The number of pyridine rings is 2. The van der Waals surface area contributed by atoms with E-state index in [4.69, 9.17) is 5.11 Å². The van der Waals surface area contributed by atoms with E-state index in [0.29, 0.717) is 12.2 Å². The molecule has 0 aromatic carbocycles. The molecule has 0 unspecified atom stereocenters. The number of carboxylic acids is 1. The third-order valence-electron chi connectivity index (χ3n) is 3.10. The molecule has 0 saturated heterocycles. The first-order chi connectivity index (χ1) is 10.2. The number of carbonyl (C=O) groups is 1. The molecule has 1 N–H and O–H groups in total. The fourth-order valence-corrected chi connectivity index (χ4v) is 2.02. The Kier molecular flexibility index (Phi) is 5.11. The first-order valence-corrected chi connectivity index (χ1v) is 6.51. The van der Waals surface area contributed by atoms with Gasteiger partial charge in [-0.3, -0.25) is 9.78 Å². The Labute approximate surface area is 137 Å². The molecule has 3 aromatic rings. The van der Waals surface area contributed by atoms with Crippen LogP contribution in [0.15, 0.2) is 49.1 Å². The Hall–Kier alpha value is -2.41. The van der Waals surface area contributed by atoms with Gasteiger partial charge in [0.2, 0.25) is 0 Å². The van der Waals surface area contributed by atoms with E-state index in [2.05, 4.69) is 15.0 Å². The molecule has 112 valence electrons. The number of halogens is 1. The number of hydrogen-bond donors (Lipinski definition) is 1. The lowest BCUT2D eigenvalue weighted by Gasteiger charge is -2.01. The van der Waals surface area contributed by atoms with Gasteiger partial charge in [0.15, 0.2) is 24.6 Å². The zero-order valence-corrected chi connectivity index (χ0v) is 13.1. The zero-order chi connectivity index (χ0) is 14.7. The van der Waals surface area contributed by atoms with Crippen molar-refractivity contribution < 1.29 is 31.4 Å². The smallest absolute Gasteiger partial charge is 0.309 e. The van der Waals surface area contributed by atoms with Crippen LogP contribution in [0.3, 0.4) is 0 Å². The van der Waals surface area contributed by atoms with Gasteiger partial charge in [0.05, 0.1) is 5.69 Å². The molecular formula is C15H13BrN4O2. The second-order valence-electron chi connectivity index (χ2n) is 4.56. The van der Waals surface area contributed by atoms with E-state index in [-0.39, 0.29) is 23.4 Å². The summed E-state index contributed by atoms with van der Waals surface area (Å²) in [6.07, 6.45) is 7.05. The van der Waals surface area contributed by atoms with Gasteiger partial charge in [0.25, 0.3) is 0 Å². The van der Waals surface area contributed by atoms with Gasteiger partial charge in [-0.15, -0.1) is 0 Å². The van der Waals surface area contributed by atoms with Crippen LogP contribution < -0.4 is 21.5 Å². The van der Waals surface area contributed by atoms with Gasteiger partial charge in [-0.25, -0.2) is 14.5 Å². The number of fused-ring (bicyclic) bond motifs is 1. The third-order valence-corrected chi connectivity index (χ3v) is 3.10. The maximum Gasteiger partial charge on any atom is 0.309 e. The van der Waals surface area contributed by atoms with Gasteiger partial charge in [0.1, 0.15) is 11.9 Å². The Morgan fingerprint density at radius 2 is 1.82 bits per heavy atom. The molecular weight excluding hydrogens is 348 g/mol. The summed E-state index contributed by atoms with van der Waals surface area (Å²) in [5.41, 5.74) is 3.13. The van der Waals surface area contributed by atoms with Gasteiger partial charge in [-0.1, -0.05) is 0 Å². The maximum absolute atomic E-state index is 10.5. The summed E-state index contributed by atoms with van der Waals surface area (Å²) in [6, 6.07) is 7.60. The van der Waals surface area contributed by atoms with Crippen LogP contribution in [-0.2, 0) is 11.3 Å². The van der Waals surface area contributed by atoms with Crippen molar-refractivity contribution in [2.45, 2.75) is 13.0 Å². The van der Waals surface area contributed by atoms with Crippen molar-refractivity contribution in [1.29, 1.82) is 0 Å². The van der Waals surface area contributed by atoms with Crippen LogP contribution in [0.4, 0.5) is 0 Å². The van der Waals surface area contributed by atoms with E-state index >= 15 is 0 Å². The molecule has 0 radical (unpaired) electrons. The van der Waals surface area contributed by atoms with Gasteiger partial charge in [-0.05, 0) is 12.1 Å². The van der Waals surface area contributed by atoms with Crippen molar-refractivity contribution in [3.63, 3.8) is 0 Å². The zero-order valence-electron chi connectivity index (χ0n) is 11.6. The molecule has 6 nitrogen and oxygen atoms in total. The lowest BCUT2D eigenvalue weighted by molar-refractivity contribution is -0.695. The fraction of sp³-hybridized carbons (Fsp3) is 0.133. The Morgan fingerprint density at radius 3 is 2.55 bits per heavy atom. The van der Waals surface area contributed by atoms with E-state index in [1.54, 1.807) is 12.4 Å². The molecule has 0 saturated carbocycles. The highest BCUT2D eigenvalue weighted by Crippen LogP contribution is 2.17. The molecule has 3 rings (SSSR count). The lowest BCUT2D eigenvalue weighted by atomic mass is 10.2. The summed E-state index contributed by atoms with van der Waals surface area (Å²) in [6.45, 7) is 0.451. The Balaban J connectivity index is 0.00000176. The Morgan fingerprint density at radius 1 is 1.09 bits per heavy atom. The Bertz CT molecular complexity index is 793. The second kappa shape index (κ2) is 7.04. The molecule has 0 fully saturated rings. The van der Waals surface area contributed by atoms with Gasteiger partial charge < -0.3 is 22.1 Å². The maximum atomic E-state index is 10.5. The normalized spacial score (nSPS) is 10.2. The highest BCUT2D eigenvalue weighted by atomic mass is 79.9. The van der Waals surface area contributed by atoms with Crippen molar-refractivity contribution in [2.24, 2.45) is 0 Å². The van der Waals surface area contributed by atoms with E-state index in [1.807, 2.05) is 41.2 Å². The van der Waals surface area contributed by atoms with E-state index in [1.165, 1.54) is 0 Å². The number of hydrogen-bond acceptors (Lipinski definition) is 4. The summed E-state index contributed by atoms with van der Waals surface area (Å²) >= 11 is 0. The third kappa shape index (κ3) is 3.62. The molecule has 22 heavy (non-hydrogen) atoms. The summed E-state index contributed by atoms with van der Waals surface area (Å²) in [7, 11) is 0. The summed E-state index contributed by atoms with van der Waals surface area (Å²) in [4.78, 5) is 23.4. The molecule has 0 aliphatic heterocycles. The van der Waals surface area contributed by atoms with Crippen molar-refractivity contribution in [3.05, 3.63) is 49.1 Å². The minimum Gasteiger partial charge on any atom is -1.00 e. The summed E-state index contributed by atoms with van der Waals surface area (Å²) in [5, 5.41) is 8.67. The van der Waals surface area contributed by atoms with E-state index < -0.39 is 5.97 Å². The average molecular weight is 361 g/mol. The molecule has 0 atom stereocenters. The summed E-state index contributed by atoms with van der Waals surface area (Å²) < 4.78 is 1.83. The van der Waals surface area contributed by atoms with Crippen LogP contribution in [0, 0.1) is 0 Å². The molecule has 0 spiro atoms. The first kappa shape index (κ1) is 16.0. The van der Waals surface area contributed by atoms with Crippen LogP contribution in [0.2, 0.25) is 0 Å². The van der Waals surface area contributed by atoms with Gasteiger partial charge in [-0.2, -0.15) is 0 Å². The molecule has 0 amide bonds. The molecule has 3 aromatic heterocycles. The van der Waals surface area contributed by atoms with Crippen LogP contribution in [-0.4, -0.2) is 26.0 Å². The predicted molar refractivity (Wildman–Crippen MR) is 75.2 cm³/mol. The largest absolute Gasteiger partial charge is 1.00 e. The molecule has 0 bridgehead atoms. The van der Waals surface area contributed by atoms with Crippen molar-refractivity contribution in [2.75, 3.05) is 0 Å². The number of aliphatic carboxylic acids is 1. The minimum atomic E-state index is -0.804. The standard InChI is InChI=1S/C15H12N4O2.BrH/c20-14(21)5-10-19-8-3-11(4-9-19)12-1-2-13-15(18-12)17-7-6-16-13;/h1-4,6-9H,5,10H2;1H. The number of aryl methyl sites for hydroxylation is 1. The second-order valence-corrected chi connectivity index (χ2v) is 4.56. The lowest BCUT2D eigenvalue weighted by Crippen LogP contribution is -3.00. The van der Waals surface area contributed by atoms with Gasteiger partial charge in [0, 0.05) is 30.1 Å². The van der Waals surface area contributed by atoms with Crippen molar-refractivity contribution in [3.8, 4) is 11.3 Å². The summed E-state index contributed by atoms with van der Waals surface area (Å²) in [5.74, 6) is -0.804. The van der Waals surface area contributed by atoms with Crippen molar-refractivity contribution >= 4 is 17.1 Å². The number of carboxylic acid groups (broad SMARTS) is 1. The monoisotopic (exact) mass is 360 g/mol. The SMILES string of the molecule is O=C(O)CC[n+]1ccc(-c2ccc3nccnc3n2)cc1.[Br-]. The molecule has 3 heterocycles. The van der Waals surface area contributed by atoms with Crippen LogP contribution >= 0.6 is 0 Å². The quantitative estimate of drug-likeness (QED) is 0.570. The molecule has 0 aliphatic rings. The van der Waals surface area contributed by atoms with E-state index in [9.17, 15) is 4.79 Å². The van der Waals surface area contributed by atoms with Crippen LogP contribution in [0.1, 0.15) is 6.42 Å².